The van der Waals surface area contributed by atoms with Crippen molar-refractivity contribution in [2.45, 2.75) is 180 Å². The third-order valence-electron chi connectivity index (χ3n) is 9.39. The van der Waals surface area contributed by atoms with Crippen molar-refractivity contribution >= 4 is 19.8 Å². The van der Waals surface area contributed by atoms with Gasteiger partial charge in [-0.2, -0.15) is 0 Å². The van der Waals surface area contributed by atoms with Crippen LogP contribution in [0.4, 0.5) is 0 Å². The summed E-state index contributed by atoms with van der Waals surface area (Å²) >= 11 is 0. The van der Waals surface area contributed by atoms with Gasteiger partial charge in [0.2, 0.25) is 0 Å². The third kappa shape index (κ3) is 46.2. The monoisotopic (exact) mass is 884 g/mol. The van der Waals surface area contributed by atoms with Crippen LogP contribution >= 0.6 is 7.82 Å². The average Bonchev–Trinajstić information content (AvgIpc) is 3.26. The van der Waals surface area contributed by atoms with Gasteiger partial charge in [-0.1, -0.05) is 168 Å². The predicted octanol–water partition coefficient (Wildman–Crippen LogP) is 14.3. The minimum atomic E-state index is -4.40. The molecule has 0 radical (unpaired) electrons. The van der Waals surface area contributed by atoms with E-state index in [0.717, 1.165) is 103 Å². The maximum Gasteiger partial charge on any atom is 0.472 e. The number of carbonyl (C=O) groups is 2. The number of carbonyl (C=O) groups excluding carboxylic acids is 2. The lowest BCUT2D eigenvalue weighted by molar-refractivity contribution is -0.161. The normalized spacial score (nSPS) is 14.2. The van der Waals surface area contributed by atoms with Gasteiger partial charge in [-0.3, -0.25) is 18.6 Å². The van der Waals surface area contributed by atoms with E-state index in [4.69, 9.17) is 24.3 Å². The van der Waals surface area contributed by atoms with E-state index in [1.54, 1.807) is 0 Å². The second-order valence-electron chi connectivity index (χ2n) is 15.2. The van der Waals surface area contributed by atoms with Crippen LogP contribution in [-0.2, 0) is 32.7 Å². The molecule has 0 spiro atoms. The van der Waals surface area contributed by atoms with E-state index in [1.807, 2.05) is 0 Å². The average molecular weight is 884 g/mol. The van der Waals surface area contributed by atoms with Crippen LogP contribution in [0.3, 0.4) is 0 Å². The first kappa shape index (κ1) is 58.7. The van der Waals surface area contributed by atoms with Gasteiger partial charge in [-0.15, -0.1) is 0 Å². The molecule has 0 fully saturated rings. The number of unbranched alkanes of at least 4 members (excludes halogenated alkanes) is 12. The van der Waals surface area contributed by atoms with Gasteiger partial charge in [-0.05, 0) is 103 Å². The molecule has 0 aromatic heterocycles. The van der Waals surface area contributed by atoms with Crippen LogP contribution in [0.5, 0.6) is 0 Å². The Balaban J connectivity index is 4.23. The molecule has 0 aromatic carbocycles. The van der Waals surface area contributed by atoms with Gasteiger partial charge in [0.05, 0.1) is 13.2 Å². The van der Waals surface area contributed by atoms with Crippen molar-refractivity contribution in [3.05, 3.63) is 109 Å². The Kier molecular flexibility index (Phi) is 44.6. The molecule has 0 aliphatic heterocycles. The highest BCUT2D eigenvalue weighted by atomic mass is 31.2. The van der Waals surface area contributed by atoms with Gasteiger partial charge in [-0.25, -0.2) is 4.57 Å². The molecule has 0 saturated carbocycles. The summed E-state index contributed by atoms with van der Waals surface area (Å²) in [6, 6.07) is 0. The number of esters is 2. The second-order valence-corrected chi connectivity index (χ2v) is 16.7. The summed E-state index contributed by atoms with van der Waals surface area (Å²) in [6.07, 6.45) is 62.6. The fourth-order valence-electron chi connectivity index (χ4n) is 5.88. The van der Waals surface area contributed by atoms with E-state index < -0.39 is 32.5 Å². The van der Waals surface area contributed by atoms with Crippen LogP contribution < -0.4 is 5.73 Å². The number of phosphoric acid groups is 1. The van der Waals surface area contributed by atoms with Gasteiger partial charge in [0, 0.05) is 19.4 Å². The Morgan fingerprint density at radius 2 is 0.887 bits per heavy atom. The molecule has 2 unspecified atom stereocenters. The number of hydrogen-bond donors (Lipinski definition) is 2. The molecule has 62 heavy (non-hydrogen) atoms. The molecule has 0 saturated heterocycles. The van der Waals surface area contributed by atoms with Crippen molar-refractivity contribution in [2.24, 2.45) is 5.73 Å². The lowest BCUT2D eigenvalue weighted by atomic mass is 10.1. The smallest absolute Gasteiger partial charge is 0.462 e. The fourth-order valence-corrected chi connectivity index (χ4v) is 6.64. The van der Waals surface area contributed by atoms with Crippen molar-refractivity contribution in [3.63, 3.8) is 0 Å². The minimum Gasteiger partial charge on any atom is -0.462 e. The Labute approximate surface area is 378 Å². The van der Waals surface area contributed by atoms with E-state index in [1.165, 1.54) is 32.1 Å². The maximum atomic E-state index is 12.6. The molecule has 0 bridgehead atoms. The Morgan fingerprint density at radius 1 is 0.500 bits per heavy atom. The zero-order chi connectivity index (χ0) is 45.3. The molecule has 0 aromatic rings. The Morgan fingerprint density at radius 3 is 1.34 bits per heavy atom. The van der Waals surface area contributed by atoms with Crippen LogP contribution in [0.2, 0.25) is 0 Å². The third-order valence-corrected chi connectivity index (χ3v) is 10.4. The van der Waals surface area contributed by atoms with Crippen LogP contribution in [0, 0.1) is 0 Å². The number of allylic oxidation sites excluding steroid dienone is 18. The summed E-state index contributed by atoms with van der Waals surface area (Å²) < 4.78 is 32.8. The predicted molar refractivity (Wildman–Crippen MR) is 261 cm³/mol. The molecule has 0 aliphatic carbocycles. The lowest BCUT2D eigenvalue weighted by Crippen LogP contribution is -2.29. The minimum absolute atomic E-state index is 0.0391. The zero-order valence-corrected chi connectivity index (χ0v) is 39.7. The van der Waals surface area contributed by atoms with E-state index in [0.29, 0.717) is 12.8 Å². The van der Waals surface area contributed by atoms with Gasteiger partial charge >= 0.3 is 19.8 Å². The van der Waals surface area contributed by atoms with Crippen LogP contribution in [-0.4, -0.2) is 49.3 Å². The van der Waals surface area contributed by atoms with Crippen LogP contribution in [0.15, 0.2) is 109 Å². The molecule has 0 amide bonds. The highest BCUT2D eigenvalue weighted by Crippen LogP contribution is 2.43. The molecule has 0 rings (SSSR count). The van der Waals surface area contributed by atoms with Crippen molar-refractivity contribution in [1.82, 2.24) is 0 Å². The first-order chi connectivity index (χ1) is 30.3. The number of phosphoric ester groups is 1. The van der Waals surface area contributed by atoms with Crippen LogP contribution in [0.25, 0.3) is 0 Å². The van der Waals surface area contributed by atoms with Crippen molar-refractivity contribution in [2.75, 3.05) is 26.4 Å². The molecular formula is C52H86NO8P. The van der Waals surface area contributed by atoms with Crippen molar-refractivity contribution < 1.29 is 37.6 Å². The molecule has 3 N–H and O–H groups in total. The molecule has 2 atom stereocenters. The topological polar surface area (TPSA) is 134 Å². The van der Waals surface area contributed by atoms with Crippen molar-refractivity contribution in [3.8, 4) is 0 Å². The maximum absolute atomic E-state index is 12.6. The first-order valence-electron chi connectivity index (χ1n) is 23.9. The van der Waals surface area contributed by atoms with Gasteiger partial charge in [0.1, 0.15) is 6.61 Å². The summed E-state index contributed by atoms with van der Waals surface area (Å²) in [4.78, 5) is 35.0. The van der Waals surface area contributed by atoms with E-state index in [9.17, 15) is 19.0 Å². The highest BCUT2D eigenvalue weighted by Gasteiger charge is 2.26. The zero-order valence-electron chi connectivity index (χ0n) is 38.8. The quantitative estimate of drug-likeness (QED) is 0.0266. The summed E-state index contributed by atoms with van der Waals surface area (Å²) in [5.41, 5.74) is 5.35. The molecule has 352 valence electrons. The largest absolute Gasteiger partial charge is 0.472 e. The molecule has 10 heteroatoms. The second kappa shape index (κ2) is 47.2. The standard InChI is InChI=1S/C52H86NO8P/c1-3-5-7-9-11-13-15-17-19-21-22-23-24-25-26-27-28-29-31-33-35-37-39-41-43-45-52(55)61-50(49-60-62(56,57)59-47-46-53)48-58-51(54)44-42-40-38-36-34-32-30-20-18-16-14-12-10-8-6-4-2/h5,7,11,13-14,16-17,19-20,22-23,25-26,28-30,33,35,50H,3-4,6,8-10,12,15,18,21,24,27,31-32,34,36-49,53H2,1-2H3,(H,56,57)/b7-5-,13-11-,16-14-,19-17-,23-22-,26-25-,29-28-,30-20-,35-33-. The van der Waals surface area contributed by atoms with E-state index >= 15 is 0 Å². The number of hydrogen-bond acceptors (Lipinski definition) is 8. The Bertz CT molecular complexity index is 1380. The number of nitrogens with two attached hydrogens (primary N) is 1. The Hall–Kier alpha value is -3.33. The van der Waals surface area contributed by atoms with Gasteiger partial charge < -0.3 is 20.1 Å². The lowest BCUT2D eigenvalue weighted by Gasteiger charge is -2.19. The summed E-state index contributed by atoms with van der Waals surface area (Å²) in [7, 11) is -4.40. The molecule has 0 heterocycles. The van der Waals surface area contributed by atoms with E-state index in [2.05, 4.69) is 123 Å². The van der Waals surface area contributed by atoms with E-state index in [-0.39, 0.29) is 32.6 Å². The first-order valence-corrected chi connectivity index (χ1v) is 25.4. The number of rotatable bonds is 43. The highest BCUT2D eigenvalue weighted by molar-refractivity contribution is 7.47. The van der Waals surface area contributed by atoms with Crippen molar-refractivity contribution in [1.29, 1.82) is 0 Å². The number of ether oxygens (including phenoxy) is 2. The molecule has 0 aliphatic rings. The summed E-state index contributed by atoms with van der Waals surface area (Å²) in [5, 5.41) is 0. The molecular weight excluding hydrogens is 798 g/mol. The SMILES string of the molecule is CC/C=C\C/C=C\C/C=C\C/C=C\C/C=C\C/C=C\C/C=C\CCCCCC(=O)OC(COC(=O)CCCCCCC/C=C\C/C=C\CCCCCC)COP(=O)(O)OCCN. The summed E-state index contributed by atoms with van der Waals surface area (Å²) in [5.74, 6) is -0.893. The molecule has 9 nitrogen and oxygen atoms in total. The van der Waals surface area contributed by atoms with Gasteiger partial charge in [0.25, 0.3) is 0 Å². The summed E-state index contributed by atoms with van der Waals surface area (Å²) in [6.45, 7) is 3.52. The van der Waals surface area contributed by atoms with Gasteiger partial charge in [0.15, 0.2) is 6.10 Å². The fraction of sp³-hybridized carbons (Fsp3) is 0.615. The van der Waals surface area contributed by atoms with Crippen LogP contribution in [0.1, 0.15) is 174 Å².